The molecule has 0 bridgehead atoms. The van der Waals surface area contributed by atoms with Gasteiger partial charge in [0.25, 0.3) is 0 Å². The Morgan fingerprint density at radius 1 is 1.22 bits per heavy atom. The van der Waals surface area contributed by atoms with Crippen molar-refractivity contribution in [1.82, 2.24) is 0 Å². The van der Waals surface area contributed by atoms with E-state index < -0.39 is 0 Å². The van der Waals surface area contributed by atoms with E-state index in [1.807, 2.05) is 6.92 Å². The second-order valence-corrected chi connectivity index (χ2v) is 4.15. The second kappa shape index (κ2) is 7.17. The third-order valence-electron chi connectivity index (χ3n) is 2.65. The molecule has 0 aliphatic carbocycles. The van der Waals surface area contributed by atoms with Crippen molar-refractivity contribution < 1.29 is 14.3 Å². The van der Waals surface area contributed by atoms with Gasteiger partial charge in [-0.2, -0.15) is 0 Å². The first-order chi connectivity index (χ1) is 8.65. The van der Waals surface area contributed by atoms with Gasteiger partial charge in [-0.1, -0.05) is 19.1 Å². The zero-order valence-corrected chi connectivity index (χ0v) is 11.4. The maximum Gasteiger partial charge on any atom is 0.338 e. The lowest BCUT2D eigenvalue weighted by atomic mass is 9.95. The number of hydrogen-bond donors (Lipinski definition) is 0. The third kappa shape index (κ3) is 3.33. The summed E-state index contributed by atoms with van der Waals surface area (Å²) in [6, 6.07) is 5.12. The molecule has 0 radical (unpaired) electrons. The van der Waals surface area contributed by atoms with Crippen LogP contribution in [0.4, 0.5) is 0 Å². The number of ether oxygens (including phenoxy) is 1. The van der Waals surface area contributed by atoms with Gasteiger partial charge in [0.2, 0.25) is 0 Å². The van der Waals surface area contributed by atoms with Crippen LogP contribution in [0.3, 0.4) is 0 Å². The molecular weight excluding hydrogens is 252 g/mol. The van der Waals surface area contributed by atoms with E-state index in [0.29, 0.717) is 24.2 Å². The summed E-state index contributed by atoms with van der Waals surface area (Å²) in [4.78, 5) is 23.7. The Kier molecular flexibility index (Phi) is 5.86. The molecule has 0 heterocycles. The van der Waals surface area contributed by atoms with Gasteiger partial charge < -0.3 is 4.74 Å². The maximum absolute atomic E-state index is 11.9. The van der Waals surface area contributed by atoms with Gasteiger partial charge in [0.05, 0.1) is 12.2 Å². The zero-order chi connectivity index (χ0) is 13.5. The van der Waals surface area contributed by atoms with Crippen LogP contribution < -0.4 is 0 Å². The molecule has 0 spiro atoms. The van der Waals surface area contributed by atoms with Crippen molar-refractivity contribution >= 4 is 23.4 Å². The summed E-state index contributed by atoms with van der Waals surface area (Å²) in [6.45, 7) is 3.99. The largest absolute Gasteiger partial charge is 0.462 e. The van der Waals surface area contributed by atoms with Crippen LogP contribution in [0.25, 0.3) is 0 Å². The Balaban J connectivity index is 3.17. The van der Waals surface area contributed by atoms with Gasteiger partial charge in [0, 0.05) is 17.9 Å². The standard InChI is InChI=1S/C14H17ClO3/c1-3-10-11(13(16)8-9-15)6-5-7-12(10)14(17)18-4-2/h5-7H,3-4,8-9H2,1-2H3. The molecule has 0 aromatic heterocycles. The lowest BCUT2D eigenvalue weighted by Crippen LogP contribution is -2.12. The van der Waals surface area contributed by atoms with Crippen LogP contribution in [0.1, 0.15) is 46.5 Å². The smallest absolute Gasteiger partial charge is 0.338 e. The zero-order valence-electron chi connectivity index (χ0n) is 10.7. The molecule has 0 amide bonds. The molecule has 0 saturated heterocycles. The van der Waals surface area contributed by atoms with E-state index in [-0.39, 0.29) is 24.1 Å². The SMILES string of the molecule is CCOC(=O)c1cccc(C(=O)CCCl)c1CC. The predicted molar refractivity (Wildman–Crippen MR) is 71.4 cm³/mol. The summed E-state index contributed by atoms with van der Waals surface area (Å²) >= 11 is 5.58. The first-order valence-corrected chi connectivity index (χ1v) is 6.57. The summed E-state index contributed by atoms with van der Waals surface area (Å²) in [5.41, 5.74) is 1.79. The van der Waals surface area contributed by atoms with Gasteiger partial charge in [-0.3, -0.25) is 4.79 Å². The minimum Gasteiger partial charge on any atom is -0.462 e. The second-order valence-electron chi connectivity index (χ2n) is 3.77. The van der Waals surface area contributed by atoms with Crippen LogP contribution in [-0.4, -0.2) is 24.2 Å². The topological polar surface area (TPSA) is 43.4 Å². The van der Waals surface area contributed by atoms with Crippen molar-refractivity contribution in [3.05, 3.63) is 34.9 Å². The molecule has 98 valence electrons. The molecule has 0 N–H and O–H groups in total. The fourth-order valence-corrected chi connectivity index (χ4v) is 2.02. The summed E-state index contributed by atoms with van der Waals surface area (Å²) in [5, 5.41) is 0. The molecule has 0 saturated carbocycles. The summed E-state index contributed by atoms with van der Waals surface area (Å²) in [6.07, 6.45) is 0.888. The Labute approximate surface area is 112 Å². The van der Waals surface area contributed by atoms with Crippen molar-refractivity contribution in [1.29, 1.82) is 0 Å². The van der Waals surface area contributed by atoms with Gasteiger partial charge >= 0.3 is 5.97 Å². The number of benzene rings is 1. The van der Waals surface area contributed by atoms with Gasteiger partial charge in [0.15, 0.2) is 5.78 Å². The highest BCUT2D eigenvalue weighted by Gasteiger charge is 2.17. The van der Waals surface area contributed by atoms with E-state index in [1.54, 1.807) is 25.1 Å². The predicted octanol–water partition coefficient (Wildman–Crippen LogP) is 3.24. The molecule has 4 heteroatoms. The number of Topliss-reactive ketones (excluding diaryl/α,β-unsaturated/α-hetero) is 1. The average molecular weight is 269 g/mol. The monoisotopic (exact) mass is 268 g/mol. The van der Waals surface area contributed by atoms with E-state index in [2.05, 4.69) is 0 Å². The number of hydrogen-bond acceptors (Lipinski definition) is 3. The van der Waals surface area contributed by atoms with E-state index in [9.17, 15) is 9.59 Å². The number of esters is 1. The number of ketones is 1. The minimum atomic E-state index is -0.380. The van der Waals surface area contributed by atoms with E-state index in [4.69, 9.17) is 16.3 Å². The van der Waals surface area contributed by atoms with Crippen molar-refractivity contribution in [3.8, 4) is 0 Å². The van der Waals surface area contributed by atoms with Crippen LogP contribution in [0.2, 0.25) is 0 Å². The molecule has 1 aromatic rings. The molecule has 18 heavy (non-hydrogen) atoms. The maximum atomic E-state index is 11.9. The highest BCUT2D eigenvalue weighted by Crippen LogP contribution is 2.19. The molecule has 0 unspecified atom stereocenters. The van der Waals surface area contributed by atoms with Crippen molar-refractivity contribution in [3.63, 3.8) is 0 Å². The number of rotatable bonds is 6. The van der Waals surface area contributed by atoms with Crippen molar-refractivity contribution in [2.45, 2.75) is 26.7 Å². The summed E-state index contributed by atoms with van der Waals surface area (Å²) < 4.78 is 4.99. The van der Waals surface area contributed by atoms with Crippen LogP contribution >= 0.6 is 11.6 Å². The number of carbonyl (C=O) groups excluding carboxylic acids is 2. The number of halogens is 1. The first kappa shape index (κ1) is 14.7. The quantitative estimate of drug-likeness (QED) is 0.452. The molecule has 0 aliphatic rings. The Hall–Kier alpha value is -1.35. The van der Waals surface area contributed by atoms with Crippen molar-refractivity contribution in [2.75, 3.05) is 12.5 Å². The summed E-state index contributed by atoms with van der Waals surface area (Å²) in [7, 11) is 0. The Bertz CT molecular complexity index is 404. The normalized spacial score (nSPS) is 10.2. The van der Waals surface area contributed by atoms with Crippen molar-refractivity contribution in [2.24, 2.45) is 0 Å². The minimum absolute atomic E-state index is 0.0343. The number of alkyl halides is 1. The van der Waals surface area contributed by atoms with Crippen LogP contribution in [0, 0.1) is 0 Å². The molecule has 0 atom stereocenters. The Morgan fingerprint density at radius 2 is 1.89 bits per heavy atom. The Morgan fingerprint density at radius 3 is 2.44 bits per heavy atom. The fourth-order valence-electron chi connectivity index (χ4n) is 1.85. The van der Waals surface area contributed by atoms with E-state index in [0.717, 1.165) is 5.56 Å². The van der Waals surface area contributed by atoms with Crippen LogP contribution in [0.15, 0.2) is 18.2 Å². The average Bonchev–Trinajstić information content (AvgIpc) is 2.38. The summed E-state index contributed by atoms with van der Waals surface area (Å²) in [5.74, 6) is -0.131. The molecule has 0 aliphatic heterocycles. The molecule has 3 nitrogen and oxygen atoms in total. The van der Waals surface area contributed by atoms with E-state index in [1.165, 1.54) is 0 Å². The highest BCUT2D eigenvalue weighted by molar-refractivity contribution is 6.19. The fraction of sp³-hybridized carbons (Fsp3) is 0.429. The van der Waals surface area contributed by atoms with Gasteiger partial charge in [-0.25, -0.2) is 4.79 Å². The molecule has 0 fully saturated rings. The first-order valence-electron chi connectivity index (χ1n) is 6.03. The van der Waals surface area contributed by atoms with Gasteiger partial charge in [-0.15, -0.1) is 11.6 Å². The van der Waals surface area contributed by atoms with Crippen LogP contribution in [0.5, 0.6) is 0 Å². The third-order valence-corrected chi connectivity index (χ3v) is 2.84. The van der Waals surface area contributed by atoms with Gasteiger partial charge in [0.1, 0.15) is 0 Å². The highest BCUT2D eigenvalue weighted by atomic mass is 35.5. The molecule has 1 rings (SSSR count). The lowest BCUT2D eigenvalue weighted by Gasteiger charge is -2.11. The van der Waals surface area contributed by atoms with E-state index >= 15 is 0 Å². The molecule has 1 aromatic carbocycles. The lowest BCUT2D eigenvalue weighted by molar-refractivity contribution is 0.0525. The van der Waals surface area contributed by atoms with Crippen LogP contribution in [-0.2, 0) is 11.2 Å². The van der Waals surface area contributed by atoms with Gasteiger partial charge in [-0.05, 0) is 25.0 Å². The molecular formula is C14H17ClO3. The number of carbonyl (C=O) groups is 2.